The highest BCUT2D eigenvalue weighted by molar-refractivity contribution is 7.89. The molecular weight excluding hydrogens is 477 g/mol. The van der Waals surface area contributed by atoms with Gasteiger partial charge in [0.1, 0.15) is 22.8 Å². The Labute approximate surface area is 201 Å². The minimum Gasteiger partial charge on any atom is -0.338 e. The molecule has 0 saturated carbocycles. The van der Waals surface area contributed by atoms with Crippen molar-refractivity contribution in [1.29, 1.82) is 5.26 Å². The van der Waals surface area contributed by atoms with E-state index in [2.05, 4.69) is 5.32 Å². The van der Waals surface area contributed by atoms with E-state index in [9.17, 15) is 27.2 Å². The standard InChI is InChI=1S/C23H22FN5O5S/c1-23(17-8-6-16(14-25)7-9-17)21(31)29(22(32)26-23)15-20(30)27-10-12-28(13-11-27)35(33,34)19-5-3-2-4-18(19)24/h2-9H,10-13,15H2,1H3,(H,26,32). The minimum absolute atomic E-state index is 0.0308. The Kier molecular flexibility index (Phi) is 6.31. The molecule has 4 amide bonds. The van der Waals surface area contributed by atoms with E-state index in [-0.39, 0.29) is 26.2 Å². The van der Waals surface area contributed by atoms with Crippen LogP contribution in [0.2, 0.25) is 0 Å². The SMILES string of the molecule is CC1(c2ccc(C#N)cc2)NC(=O)N(CC(=O)N2CCN(S(=O)(=O)c3ccccc3F)CC2)C1=O. The van der Waals surface area contributed by atoms with Crippen LogP contribution in [0.5, 0.6) is 0 Å². The summed E-state index contributed by atoms with van der Waals surface area (Å²) in [4.78, 5) is 40.2. The number of nitrogens with one attached hydrogen (secondary N) is 1. The van der Waals surface area contributed by atoms with Crippen molar-refractivity contribution in [1.82, 2.24) is 19.4 Å². The molecule has 0 aliphatic carbocycles. The van der Waals surface area contributed by atoms with Gasteiger partial charge in [0.15, 0.2) is 0 Å². The Morgan fingerprint density at radius 3 is 2.31 bits per heavy atom. The lowest BCUT2D eigenvalue weighted by molar-refractivity contribution is -0.139. The summed E-state index contributed by atoms with van der Waals surface area (Å²) in [5, 5.41) is 11.6. The van der Waals surface area contributed by atoms with E-state index in [1.54, 1.807) is 12.1 Å². The minimum atomic E-state index is -4.06. The molecule has 2 heterocycles. The number of urea groups is 1. The number of hydrogen-bond donors (Lipinski definition) is 1. The molecule has 1 N–H and O–H groups in total. The maximum atomic E-state index is 14.0. The highest BCUT2D eigenvalue weighted by Crippen LogP contribution is 2.29. The number of nitrogens with zero attached hydrogens (tertiary/aromatic N) is 4. The summed E-state index contributed by atoms with van der Waals surface area (Å²) in [7, 11) is -4.06. The van der Waals surface area contributed by atoms with Crippen molar-refractivity contribution in [2.45, 2.75) is 17.4 Å². The Hall–Kier alpha value is -3.82. The van der Waals surface area contributed by atoms with E-state index in [1.807, 2.05) is 6.07 Å². The summed E-state index contributed by atoms with van der Waals surface area (Å²) in [5.41, 5.74) is -0.521. The highest BCUT2D eigenvalue weighted by Gasteiger charge is 2.49. The lowest BCUT2D eigenvalue weighted by atomic mass is 9.91. The summed E-state index contributed by atoms with van der Waals surface area (Å²) in [6, 6.07) is 12.5. The van der Waals surface area contributed by atoms with Crippen molar-refractivity contribution in [2.24, 2.45) is 0 Å². The zero-order valence-electron chi connectivity index (χ0n) is 18.8. The van der Waals surface area contributed by atoms with Crippen LogP contribution < -0.4 is 5.32 Å². The van der Waals surface area contributed by atoms with Crippen LogP contribution in [0, 0.1) is 17.1 Å². The van der Waals surface area contributed by atoms with Gasteiger partial charge in [-0.15, -0.1) is 0 Å². The normalized spacial score (nSPS) is 21.1. The molecule has 2 aromatic rings. The number of nitriles is 1. The Bertz CT molecular complexity index is 1330. The lowest BCUT2D eigenvalue weighted by Gasteiger charge is -2.34. The molecule has 1 atom stereocenters. The van der Waals surface area contributed by atoms with Gasteiger partial charge >= 0.3 is 6.03 Å². The van der Waals surface area contributed by atoms with Crippen molar-refractivity contribution < 1.29 is 27.2 Å². The van der Waals surface area contributed by atoms with Crippen LogP contribution >= 0.6 is 0 Å². The molecule has 35 heavy (non-hydrogen) atoms. The van der Waals surface area contributed by atoms with E-state index < -0.39 is 50.7 Å². The third-order valence-electron chi connectivity index (χ3n) is 6.21. The van der Waals surface area contributed by atoms with Crippen molar-refractivity contribution in [3.63, 3.8) is 0 Å². The van der Waals surface area contributed by atoms with E-state index in [0.717, 1.165) is 15.3 Å². The Morgan fingerprint density at radius 1 is 1.09 bits per heavy atom. The molecule has 2 fully saturated rings. The predicted octanol–water partition coefficient (Wildman–Crippen LogP) is 0.997. The van der Waals surface area contributed by atoms with Crippen molar-refractivity contribution in [3.05, 3.63) is 65.5 Å². The van der Waals surface area contributed by atoms with Gasteiger partial charge in [0, 0.05) is 26.2 Å². The molecular formula is C23H22FN5O5S. The highest BCUT2D eigenvalue weighted by atomic mass is 32.2. The smallest absolute Gasteiger partial charge is 0.325 e. The van der Waals surface area contributed by atoms with Gasteiger partial charge < -0.3 is 10.2 Å². The fourth-order valence-electron chi connectivity index (χ4n) is 4.12. The maximum Gasteiger partial charge on any atom is 0.325 e. The summed E-state index contributed by atoms with van der Waals surface area (Å²) in [6.07, 6.45) is 0. The summed E-state index contributed by atoms with van der Waals surface area (Å²) < 4.78 is 40.6. The number of benzene rings is 2. The number of carbonyl (C=O) groups is 3. The molecule has 2 saturated heterocycles. The van der Waals surface area contributed by atoms with Crippen LogP contribution in [-0.4, -0.2) is 73.1 Å². The molecule has 2 aliphatic heterocycles. The average molecular weight is 500 g/mol. The molecule has 0 aromatic heterocycles. The molecule has 2 aliphatic rings. The number of sulfonamides is 1. The Balaban J connectivity index is 1.41. The van der Waals surface area contributed by atoms with Crippen LogP contribution in [0.1, 0.15) is 18.1 Å². The van der Waals surface area contributed by atoms with Gasteiger partial charge in [-0.1, -0.05) is 24.3 Å². The first-order chi connectivity index (χ1) is 16.6. The first kappa shape index (κ1) is 24.3. The second-order valence-corrected chi connectivity index (χ2v) is 10.3. The van der Waals surface area contributed by atoms with Crippen LogP contribution in [0.3, 0.4) is 0 Å². The fraction of sp³-hybridized carbons (Fsp3) is 0.304. The number of carbonyl (C=O) groups excluding carboxylic acids is 3. The second kappa shape index (κ2) is 9.09. The molecule has 0 spiro atoms. The largest absolute Gasteiger partial charge is 0.338 e. The first-order valence-corrected chi connectivity index (χ1v) is 12.2. The number of amides is 4. The van der Waals surface area contributed by atoms with E-state index in [1.165, 1.54) is 42.2 Å². The predicted molar refractivity (Wildman–Crippen MR) is 120 cm³/mol. The van der Waals surface area contributed by atoms with Crippen LogP contribution in [0.15, 0.2) is 53.4 Å². The van der Waals surface area contributed by atoms with Gasteiger partial charge in [-0.05, 0) is 36.8 Å². The number of imide groups is 1. The van der Waals surface area contributed by atoms with Crippen molar-refractivity contribution in [2.75, 3.05) is 32.7 Å². The van der Waals surface area contributed by atoms with Gasteiger partial charge in [-0.2, -0.15) is 9.57 Å². The molecule has 0 bridgehead atoms. The molecule has 10 nitrogen and oxygen atoms in total. The van der Waals surface area contributed by atoms with E-state index >= 15 is 0 Å². The molecule has 4 rings (SSSR count). The third-order valence-corrected chi connectivity index (χ3v) is 8.14. The maximum absolute atomic E-state index is 14.0. The molecule has 1 unspecified atom stereocenters. The van der Waals surface area contributed by atoms with Crippen LogP contribution in [0.4, 0.5) is 9.18 Å². The number of halogens is 1. The van der Waals surface area contributed by atoms with Crippen molar-refractivity contribution in [3.8, 4) is 6.07 Å². The lowest BCUT2D eigenvalue weighted by Crippen LogP contribution is -2.53. The van der Waals surface area contributed by atoms with Gasteiger partial charge in [0.05, 0.1) is 11.6 Å². The van der Waals surface area contributed by atoms with E-state index in [4.69, 9.17) is 5.26 Å². The van der Waals surface area contributed by atoms with Gasteiger partial charge in [0.2, 0.25) is 15.9 Å². The fourth-order valence-corrected chi connectivity index (χ4v) is 5.61. The second-order valence-electron chi connectivity index (χ2n) is 8.35. The quantitative estimate of drug-likeness (QED) is 0.611. The zero-order chi connectivity index (χ0) is 25.4. The molecule has 182 valence electrons. The van der Waals surface area contributed by atoms with Crippen LogP contribution in [-0.2, 0) is 25.2 Å². The Morgan fingerprint density at radius 2 is 1.71 bits per heavy atom. The number of piperazine rings is 1. The summed E-state index contributed by atoms with van der Waals surface area (Å²) in [6.45, 7) is 0.977. The molecule has 2 aromatic carbocycles. The number of hydrogen-bond acceptors (Lipinski definition) is 6. The third kappa shape index (κ3) is 4.36. The monoisotopic (exact) mass is 499 g/mol. The summed E-state index contributed by atoms with van der Waals surface area (Å²) in [5.74, 6) is -1.98. The molecule has 12 heteroatoms. The van der Waals surface area contributed by atoms with Crippen molar-refractivity contribution >= 4 is 27.9 Å². The first-order valence-electron chi connectivity index (χ1n) is 10.7. The van der Waals surface area contributed by atoms with Gasteiger partial charge in [-0.25, -0.2) is 17.6 Å². The topological polar surface area (TPSA) is 131 Å². The van der Waals surface area contributed by atoms with Gasteiger partial charge in [0.25, 0.3) is 5.91 Å². The number of rotatable bonds is 5. The summed E-state index contributed by atoms with van der Waals surface area (Å²) >= 11 is 0. The average Bonchev–Trinajstić information content (AvgIpc) is 3.08. The zero-order valence-corrected chi connectivity index (χ0v) is 19.6. The van der Waals surface area contributed by atoms with E-state index in [0.29, 0.717) is 11.1 Å². The van der Waals surface area contributed by atoms with Crippen LogP contribution in [0.25, 0.3) is 0 Å². The van der Waals surface area contributed by atoms with Gasteiger partial charge in [-0.3, -0.25) is 14.5 Å². The molecule has 0 radical (unpaired) electrons.